The monoisotopic (exact) mass is 292 g/mol. The van der Waals surface area contributed by atoms with Gasteiger partial charge < -0.3 is 5.32 Å². The van der Waals surface area contributed by atoms with Gasteiger partial charge in [0.2, 0.25) is 5.69 Å². The van der Waals surface area contributed by atoms with E-state index in [4.69, 9.17) is 0 Å². The van der Waals surface area contributed by atoms with E-state index in [0.29, 0.717) is 12.4 Å². The molecular weight excluding hydrogens is 276 g/mol. The Balaban J connectivity index is 2.43. The minimum Gasteiger partial charge on any atom is -0.305 e. The molecule has 0 aliphatic rings. The van der Waals surface area contributed by atoms with Crippen LogP contribution in [0.5, 0.6) is 0 Å². The van der Waals surface area contributed by atoms with Gasteiger partial charge in [-0.1, -0.05) is 0 Å². The van der Waals surface area contributed by atoms with Crippen molar-refractivity contribution in [3.63, 3.8) is 0 Å². The van der Waals surface area contributed by atoms with Crippen LogP contribution in [0.2, 0.25) is 0 Å². The molecule has 112 valence electrons. The van der Waals surface area contributed by atoms with Crippen molar-refractivity contribution < 1.29 is 9.72 Å². The van der Waals surface area contributed by atoms with E-state index in [1.165, 1.54) is 16.3 Å². The molecule has 0 unspecified atom stereocenters. The van der Waals surface area contributed by atoms with Crippen LogP contribution in [0.25, 0.3) is 0 Å². The van der Waals surface area contributed by atoms with Gasteiger partial charge in [-0.15, -0.1) is 0 Å². The third-order valence-electron chi connectivity index (χ3n) is 3.04. The molecule has 0 spiro atoms. The Morgan fingerprint density at radius 3 is 2.57 bits per heavy atom. The zero-order valence-electron chi connectivity index (χ0n) is 12.2. The molecule has 0 saturated carbocycles. The molecule has 0 aromatic carbocycles. The van der Waals surface area contributed by atoms with Crippen molar-refractivity contribution in [1.82, 2.24) is 19.6 Å². The van der Waals surface area contributed by atoms with Gasteiger partial charge in [0, 0.05) is 19.7 Å². The molecule has 9 nitrogen and oxygen atoms in total. The van der Waals surface area contributed by atoms with Crippen LogP contribution in [0.4, 0.5) is 11.5 Å². The fourth-order valence-electron chi connectivity index (χ4n) is 2.15. The molecule has 1 N–H and O–H groups in total. The van der Waals surface area contributed by atoms with Crippen molar-refractivity contribution >= 4 is 17.4 Å². The fraction of sp³-hybridized carbons (Fsp3) is 0.417. The van der Waals surface area contributed by atoms with Crippen molar-refractivity contribution in [1.29, 1.82) is 0 Å². The van der Waals surface area contributed by atoms with Gasteiger partial charge in [0.1, 0.15) is 11.5 Å². The highest BCUT2D eigenvalue weighted by Gasteiger charge is 2.30. The molecule has 21 heavy (non-hydrogen) atoms. The number of anilines is 1. The van der Waals surface area contributed by atoms with Crippen LogP contribution in [0.3, 0.4) is 0 Å². The van der Waals surface area contributed by atoms with Crippen LogP contribution >= 0.6 is 0 Å². The largest absolute Gasteiger partial charge is 0.322 e. The summed E-state index contributed by atoms with van der Waals surface area (Å²) in [7, 11) is 1.68. The van der Waals surface area contributed by atoms with E-state index >= 15 is 0 Å². The van der Waals surface area contributed by atoms with Crippen LogP contribution in [0, 0.1) is 24.0 Å². The normalized spacial score (nSPS) is 10.7. The predicted molar refractivity (Wildman–Crippen MR) is 75.2 cm³/mol. The number of nitrogens with one attached hydrogen (secondary N) is 1. The summed E-state index contributed by atoms with van der Waals surface area (Å²) in [6.07, 6.45) is 0. The first kappa shape index (κ1) is 14.7. The van der Waals surface area contributed by atoms with E-state index in [2.05, 4.69) is 15.5 Å². The number of carbonyl (C=O) groups excluding carboxylic acids is 1. The zero-order chi connectivity index (χ0) is 15.7. The van der Waals surface area contributed by atoms with E-state index in [-0.39, 0.29) is 17.1 Å². The van der Waals surface area contributed by atoms with Gasteiger partial charge in [-0.05, 0) is 20.8 Å². The molecule has 0 radical (unpaired) electrons. The Bertz CT molecular complexity index is 715. The maximum absolute atomic E-state index is 12.4. The second-order valence-corrected chi connectivity index (χ2v) is 4.60. The summed E-state index contributed by atoms with van der Waals surface area (Å²) >= 11 is 0. The molecule has 0 aliphatic carbocycles. The van der Waals surface area contributed by atoms with Crippen LogP contribution in [-0.4, -0.2) is 30.4 Å². The number of amides is 1. The number of nitro groups is 1. The molecule has 2 aromatic rings. The Kier molecular flexibility index (Phi) is 3.74. The fourth-order valence-corrected chi connectivity index (χ4v) is 2.15. The Hall–Kier alpha value is -2.71. The maximum Gasteiger partial charge on any atom is 0.322 e. The molecule has 2 heterocycles. The number of hydrogen-bond acceptors (Lipinski definition) is 5. The average Bonchev–Trinajstić information content (AvgIpc) is 2.89. The van der Waals surface area contributed by atoms with Crippen LogP contribution in [0.1, 0.15) is 28.8 Å². The molecule has 0 aliphatic heterocycles. The molecule has 0 bridgehead atoms. The molecule has 0 fully saturated rings. The van der Waals surface area contributed by atoms with Gasteiger partial charge in [-0.2, -0.15) is 10.2 Å². The van der Waals surface area contributed by atoms with E-state index in [0.717, 1.165) is 5.69 Å². The molecule has 0 atom stereocenters. The third kappa shape index (κ3) is 2.62. The predicted octanol–water partition coefficient (Wildman–Crippen LogP) is 1.41. The number of aromatic nitrogens is 4. The number of rotatable bonds is 4. The van der Waals surface area contributed by atoms with Crippen LogP contribution in [-0.2, 0) is 13.6 Å². The van der Waals surface area contributed by atoms with Gasteiger partial charge in [-0.3, -0.25) is 24.3 Å². The lowest BCUT2D eigenvalue weighted by Crippen LogP contribution is -2.20. The van der Waals surface area contributed by atoms with Gasteiger partial charge >= 0.3 is 5.69 Å². The van der Waals surface area contributed by atoms with Gasteiger partial charge in [0.25, 0.3) is 5.91 Å². The van der Waals surface area contributed by atoms with E-state index in [1.54, 1.807) is 27.0 Å². The second kappa shape index (κ2) is 5.35. The van der Waals surface area contributed by atoms with Gasteiger partial charge in [-0.25, -0.2) is 0 Å². The van der Waals surface area contributed by atoms with Crippen molar-refractivity contribution in [2.24, 2.45) is 7.05 Å². The van der Waals surface area contributed by atoms with E-state index < -0.39 is 10.8 Å². The molecule has 1 amide bonds. The highest BCUT2D eigenvalue weighted by molar-refractivity contribution is 6.05. The summed E-state index contributed by atoms with van der Waals surface area (Å²) in [5, 5.41) is 21.9. The SMILES string of the molecule is CCn1nc(C)c([N+](=O)[O-])c1C(=O)Nc1cc(C)nn1C. The first-order valence-corrected chi connectivity index (χ1v) is 6.39. The number of carbonyl (C=O) groups is 1. The van der Waals surface area contributed by atoms with E-state index in [9.17, 15) is 14.9 Å². The summed E-state index contributed by atoms with van der Waals surface area (Å²) in [5.41, 5.74) is 0.628. The quantitative estimate of drug-likeness (QED) is 0.677. The summed E-state index contributed by atoms with van der Waals surface area (Å²) in [4.78, 5) is 22.9. The molecule has 0 saturated heterocycles. The maximum atomic E-state index is 12.4. The Labute approximate surface area is 120 Å². The number of hydrogen-bond donors (Lipinski definition) is 1. The summed E-state index contributed by atoms with van der Waals surface area (Å²) in [6.45, 7) is 5.43. The lowest BCUT2D eigenvalue weighted by molar-refractivity contribution is -0.385. The zero-order valence-corrected chi connectivity index (χ0v) is 12.2. The molecule has 9 heteroatoms. The molecular formula is C12H16N6O3. The minimum atomic E-state index is -0.585. The highest BCUT2D eigenvalue weighted by Crippen LogP contribution is 2.24. The Morgan fingerprint density at radius 1 is 1.43 bits per heavy atom. The van der Waals surface area contributed by atoms with Crippen molar-refractivity contribution in [2.75, 3.05) is 5.32 Å². The highest BCUT2D eigenvalue weighted by atomic mass is 16.6. The average molecular weight is 292 g/mol. The third-order valence-corrected chi connectivity index (χ3v) is 3.04. The topological polar surface area (TPSA) is 108 Å². The van der Waals surface area contributed by atoms with Crippen molar-refractivity contribution in [3.8, 4) is 0 Å². The number of nitrogens with zero attached hydrogens (tertiary/aromatic N) is 5. The first-order valence-electron chi connectivity index (χ1n) is 6.39. The second-order valence-electron chi connectivity index (χ2n) is 4.60. The smallest absolute Gasteiger partial charge is 0.305 e. The lowest BCUT2D eigenvalue weighted by atomic mass is 10.3. The van der Waals surface area contributed by atoms with Crippen molar-refractivity contribution in [2.45, 2.75) is 27.3 Å². The number of aryl methyl sites for hydroxylation is 4. The van der Waals surface area contributed by atoms with Crippen molar-refractivity contribution in [3.05, 3.63) is 33.3 Å². The molecule has 2 rings (SSSR count). The minimum absolute atomic E-state index is 0.0566. The van der Waals surface area contributed by atoms with E-state index in [1.807, 2.05) is 0 Å². The summed E-state index contributed by atoms with van der Waals surface area (Å²) in [5.74, 6) is -0.111. The van der Waals surface area contributed by atoms with Gasteiger partial charge in [0.15, 0.2) is 0 Å². The van der Waals surface area contributed by atoms with Crippen LogP contribution in [0.15, 0.2) is 6.07 Å². The molecule has 2 aromatic heterocycles. The lowest BCUT2D eigenvalue weighted by Gasteiger charge is -2.06. The first-order chi connectivity index (χ1) is 9.85. The van der Waals surface area contributed by atoms with Crippen LogP contribution < -0.4 is 5.32 Å². The summed E-state index contributed by atoms with van der Waals surface area (Å²) in [6, 6.07) is 1.68. The summed E-state index contributed by atoms with van der Waals surface area (Å²) < 4.78 is 2.82. The van der Waals surface area contributed by atoms with Gasteiger partial charge in [0.05, 0.1) is 10.6 Å². The standard InChI is InChI=1S/C12H16N6O3/c1-5-17-11(10(18(20)21)8(3)15-17)12(19)13-9-6-7(2)14-16(9)4/h6H,5H2,1-4H3,(H,13,19). The Morgan fingerprint density at radius 2 is 2.10 bits per heavy atom.